The quantitative estimate of drug-likeness (QED) is 0.626. The molecule has 2 aromatic carbocycles. The van der Waals surface area contributed by atoms with Crippen LogP contribution in [0.4, 0.5) is 5.69 Å². The molecular weight excluding hydrogens is 429 g/mol. The zero-order valence-electron chi connectivity index (χ0n) is 17.0. The third kappa shape index (κ3) is 8.10. The van der Waals surface area contributed by atoms with Crippen molar-refractivity contribution in [1.82, 2.24) is 9.80 Å². The number of hydrogen-bond donors (Lipinski definition) is 2. The molecule has 0 saturated carbocycles. The van der Waals surface area contributed by atoms with Crippen LogP contribution in [-0.4, -0.2) is 64.6 Å². The maximum Gasteiger partial charge on any atom is 0.227 e. The lowest BCUT2D eigenvalue weighted by atomic mass is 10.0. The van der Waals surface area contributed by atoms with Gasteiger partial charge in [0.05, 0.1) is 18.6 Å². The van der Waals surface area contributed by atoms with Crippen molar-refractivity contribution in [2.45, 2.75) is 25.0 Å². The van der Waals surface area contributed by atoms with Gasteiger partial charge in [-0.2, -0.15) is 0 Å². The van der Waals surface area contributed by atoms with Gasteiger partial charge in [0.2, 0.25) is 5.91 Å². The van der Waals surface area contributed by atoms with E-state index in [1.165, 1.54) is 0 Å². The van der Waals surface area contributed by atoms with Crippen molar-refractivity contribution in [3.63, 3.8) is 0 Å². The molecule has 7 N–H and O–H groups in total. The van der Waals surface area contributed by atoms with Gasteiger partial charge in [-0.25, -0.2) is 0 Å². The summed E-state index contributed by atoms with van der Waals surface area (Å²) in [6.07, 6.45) is 0.884. The number of likely N-dealkylation sites (tertiary alicyclic amines) is 1. The number of halogens is 2. The van der Waals surface area contributed by atoms with Crippen LogP contribution in [0.2, 0.25) is 0 Å². The molecule has 1 unspecified atom stereocenters. The first-order chi connectivity index (χ1) is 12.5. The van der Waals surface area contributed by atoms with Crippen molar-refractivity contribution in [2.24, 2.45) is 0 Å². The van der Waals surface area contributed by atoms with Crippen molar-refractivity contribution in [2.75, 3.05) is 32.4 Å². The molecule has 0 radical (unpaired) electrons. The molecule has 1 amide bonds. The molecule has 0 aliphatic carbocycles. The summed E-state index contributed by atoms with van der Waals surface area (Å²) >= 11 is 0. The highest BCUT2D eigenvalue weighted by Gasteiger charge is 2.28. The average Bonchev–Trinajstić information content (AvgIpc) is 3.07. The summed E-state index contributed by atoms with van der Waals surface area (Å²) < 4.78 is 0. The second-order valence-corrected chi connectivity index (χ2v) is 7.05. The van der Waals surface area contributed by atoms with Gasteiger partial charge >= 0.3 is 0 Å². The maximum absolute atomic E-state index is 12.9. The lowest BCUT2D eigenvalue weighted by Crippen LogP contribution is -2.39. The first-order valence-corrected chi connectivity index (χ1v) is 9.08. The Morgan fingerprint density at radius 3 is 2.27 bits per heavy atom. The minimum absolute atomic E-state index is 0. The Balaban J connectivity index is 0. The molecule has 1 heterocycles. The Morgan fingerprint density at radius 2 is 1.73 bits per heavy atom. The fourth-order valence-electron chi connectivity index (χ4n) is 3.46. The molecule has 1 saturated heterocycles. The Labute approximate surface area is 190 Å². The summed E-state index contributed by atoms with van der Waals surface area (Å²) in [6.45, 7) is 2.26. The number of rotatable bonds is 6. The van der Waals surface area contributed by atoms with E-state index >= 15 is 0 Å². The number of benzene rings is 2. The van der Waals surface area contributed by atoms with E-state index in [4.69, 9.17) is 5.73 Å². The molecule has 9 heteroatoms. The summed E-state index contributed by atoms with van der Waals surface area (Å²) in [4.78, 5) is 16.9. The van der Waals surface area contributed by atoms with Crippen molar-refractivity contribution >= 4 is 36.4 Å². The monoisotopic (exact) mass is 461 g/mol. The number of nitrogen functional groups attached to an aromatic ring is 1. The van der Waals surface area contributed by atoms with Gasteiger partial charge in [-0.1, -0.05) is 42.5 Å². The third-order valence-electron chi connectivity index (χ3n) is 5.06. The molecule has 1 aliphatic rings. The van der Waals surface area contributed by atoms with Gasteiger partial charge in [0.1, 0.15) is 0 Å². The van der Waals surface area contributed by atoms with Crippen molar-refractivity contribution in [3.05, 3.63) is 65.7 Å². The second-order valence-electron chi connectivity index (χ2n) is 7.05. The number of carbonyl (C=O) groups excluding carboxylic acids is 1. The molecule has 2 aromatic rings. The Morgan fingerprint density at radius 1 is 1.13 bits per heavy atom. The van der Waals surface area contributed by atoms with Crippen LogP contribution >= 0.6 is 24.8 Å². The van der Waals surface area contributed by atoms with Crippen LogP contribution in [0.3, 0.4) is 0 Å². The van der Waals surface area contributed by atoms with Crippen LogP contribution in [0.1, 0.15) is 23.6 Å². The molecule has 7 nitrogen and oxygen atoms in total. The van der Waals surface area contributed by atoms with Gasteiger partial charge in [0, 0.05) is 32.4 Å². The largest absolute Gasteiger partial charge is 0.412 e. The number of amides is 1. The van der Waals surface area contributed by atoms with Crippen LogP contribution in [0, 0.1) is 0 Å². The van der Waals surface area contributed by atoms with E-state index in [2.05, 4.69) is 17.0 Å². The van der Waals surface area contributed by atoms with Crippen LogP contribution in [0.15, 0.2) is 54.6 Å². The average molecular weight is 462 g/mol. The number of likely N-dealkylation sites (N-methyl/N-ethyl adjacent to an activating group) is 1. The summed E-state index contributed by atoms with van der Waals surface area (Å²) in [5, 5.41) is 9.82. The van der Waals surface area contributed by atoms with Gasteiger partial charge < -0.3 is 26.7 Å². The normalized spacial score (nSPS) is 16.1. The fraction of sp³-hybridized carbons (Fsp3) is 0.381. The number of nitrogens with two attached hydrogens (primary N) is 1. The number of anilines is 1. The Hall–Kier alpha value is -1.87. The highest BCUT2D eigenvalue weighted by atomic mass is 35.5. The molecule has 0 aromatic heterocycles. The predicted molar refractivity (Wildman–Crippen MR) is 125 cm³/mol. The van der Waals surface area contributed by atoms with Gasteiger partial charge in [-0.15, -0.1) is 24.8 Å². The zero-order valence-corrected chi connectivity index (χ0v) is 18.7. The molecule has 3 rings (SSSR count). The van der Waals surface area contributed by atoms with E-state index < -0.39 is 0 Å². The summed E-state index contributed by atoms with van der Waals surface area (Å²) in [7, 11) is 1.86. The molecule has 1 fully saturated rings. The SMILES string of the molecule is CN(C(=O)Cc1ccc(N)cc1)[C@H](CN1CCC(O)C1)c1ccccc1.Cl.Cl.O.O. The number of aliphatic hydroxyl groups excluding tert-OH is 1. The van der Waals surface area contributed by atoms with Crippen LogP contribution in [0.5, 0.6) is 0 Å². The Kier molecular flexibility index (Phi) is 14.3. The third-order valence-corrected chi connectivity index (χ3v) is 5.06. The smallest absolute Gasteiger partial charge is 0.227 e. The number of carbonyl (C=O) groups is 1. The molecule has 1 aliphatic heterocycles. The molecule has 30 heavy (non-hydrogen) atoms. The van der Waals surface area contributed by atoms with Crippen molar-refractivity contribution < 1.29 is 20.9 Å². The summed E-state index contributed by atoms with van der Waals surface area (Å²) in [5.74, 6) is 0.0726. The van der Waals surface area contributed by atoms with Gasteiger partial charge in [0.15, 0.2) is 0 Å². The van der Waals surface area contributed by atoms with E-state index in [1.807, 2.05) is 54.4 Å². The van der Waals surface area contributed by atoms with Crippen LogP contribution in [0.25, 0.3) is 0 Å². The van der Waals surface area contributed by atoms with E-state index in [1.54, 1.807) is 0 Å². The number of β-amino-alcohol motifs (C(OH)–C–C–N with tert-alkyl or cyclic N) is 1. The molecular formula is C21H33Cl2N3O4. The molecule has 0 spiro atoms. The second kappa shape index (κ2) is 14.2. The zero-order chi connectivity index (χ0) is 18.5. The summed E-state index contributed by atoms with van der Waals surface area (Å²) in [6, 6.07) is 17.5. The lowest BCUT2D eigenvalue weighted by molar-refractivity contribution is -0.131. The van der Waals surface area contributed by atoms with Crippen molar-refractivity contribution in [1.29, 1.82) is 0 Å². The fourth-order valence-corrected chi connectivity index (χ4v) is 3.46. The minimum atomic E-state index is -0.262. The number of aliphatic hydroxyl groups is 1. The van der Waals surface area contributed by atoms with E-state index in [0.717, 1.165) is 30.6 Å². The van der Waals surface area contributed by atoms with Crippen LogP contribution < -0.4 is 5.73 Å². The maximum atomic E-state index is 12.9. The van der Waals surface area contributed by atoms with Crippen LogP contribution in [-0.2, 0) is 11.2 Å². The van der Waals surface area contributed by atoms with E-state index in [0.29, 0.717) is 18.7 Å². The Bertz CT molecular complexity index is 735. The molecule has 170 valence electrons. The molecule has 0 bridgehead atoms. The number of nitrogens with zero attached hydrogens (tertiary/aromatic N) is 2. The van der Waals surface area contributed by atoms with Gasteiger partial charge in [-0.3, -0.25) is 9.69 Å². The first-order valence-electron chi connectivity index (χ1n) is 9.08. The standard InChI is InChI=1S/C21H27N3O2.2ClH.2H2O/c1-23(21(26)13-16-7-9-18(22)10-8-16)20(17-5-3-2-4-6-17)15-24-12-11-19(25)14-24;;;;/h2-10,19-20,25H,11-15,22H2,1H3;2*1H;2*1H2/t19?,20-;;;;/m1..../s1. The molecule has 2 atom stereocenters. The van der Waals surface area contributed by atoms with Crippen molar-refractivity contribution in [3.8, 4) is 0 Å². The minimum Gasteiger partial charge on any atom is -0.412 e. The highest BCUT2D eigenvalue weighted by molar-refractivity contribution is 5.85. The number of hydrogen-bond acceptors (Lipinski definition) is 4. The summed E-state index contributed by atoms with van der Waals surface area (Å²) in [5.41, 5.74) is 8.49. The van der Waals surface area contributed by atoms with Gasteiger partial charge in [0.25, 0.3) is 0 Å². The van der Waals surface area contributed by atoms with E-state index in [9.17, 15) is 9.90 Å². The van der Waals surface area contributed by atoms with E-state index in [-0.39, 0.29) is 53.8 Å². The lowest BCUT2D eigenvalue weighted by Gasteiger charge is -2.32. The topological polar surface area (TPSA) is 133 Å². The highest BCUT2D eigenvalue weighted by Crippen LogP contribution is 2.24. The predicted octanol–water partition coefficient (Wildman–Crippen LogP) is 1.27. The van der Waals surface area contributed by atoms with Gasteiger partial charge in [-0.05, 0) is 29.7 Å². The first kappa shape index (κ1) is 30.3.